The molecule has 222 valence electrons. The second-order valence-electron chi connectivity index (χ2n) is 12.3. The first-order valence-electron chi connectivity index (χ1n) is 14.5. The van der Waals surface area contributed by atoms with Gasteiger partial charge in [-0.2, -0.15) is 0 Å². The van der Waals surface area contributed by atoms with Crippen molar-refractivity contribution >= 4 is 35.4 Å². The number of hydrogen-bond donors (Lipinski definition) is 2. The molecule has 0 aromatic heterocycles. The highest BCUT2D eigenvalue weighted by Crippen LogP contribution is 2.31. The summed E-state index contributed by atoms with van der Waals surface area (Å²) >= 11 is 0. The molecule has 1 aromatic carbocycles. The number of imide groups is 2. The summed E-state index contributed by atoms with van der Waals surface area (Å²) in [7, 11) is 0. The van der Waals surface area contributed by atoms with Crippen LogP contribution >= 0.6 is 0 Å². The number of rotatable bonds is 6. The molecule has 0 spiro atoms. The number of piperidine rings is 2. The molecule has 0 saturated carbocycles. The summed E-state index contributed by atoms with van der Waals surface area (Å²) in [6, 6.07) is 4.48. The summed E-state index contributed by atoms with van der Waals surface area (Å²) in [5, 5.41) is 5.22. The fraction of sp³-hybridized carbons (Fsp3) is 0.621. The van der Waals surface area contributed by atoms with Crippen molar-refractivity contribution in [2.45, 2.75) is 64.1 Å². The van der Waals surface area contributed by atoms with Gasteiger partial charge < -0.3 is 19.9 Å². The zero-order chi connectivity index (χ0) is 29.3. The summed E-state index contributed by atoms with van der Waals surface area (Å²) < 4.78 is 5.37. The summed E-state index contributed by atoms with van der Waals surface area (Å²) in [5.74, 6) is -1.96. The van der Waals surface area contributed by atoms with Crippen molar-refractivity contribution in [1.29, 1.82) is 0 Å². The van der Waals surface area contributed by atoms with Crippen molar-refractivity contribution in [2.75, 3.05) is 57.3 Å². The van der Waals surface area contributed by atoms with E-state index in [0.717, 1.165) is 75.8 Å². The Kier molecular flexibility index (Phi) is 8.32. The van der Waals surface area contributed by atoms with Crippen molar-refractivity contribution in [1.82, 2.24) is 25.3 Å². The van der Waals surface area contributed by atoms with Crippen LogP contribution in [-0.2, 0) is 14.3 Å². The highest BCUT2D eigenvalue weighted by Gasteiger charge is 2.44. The number of hydrogen-bond acceptors (Lipinski definition) is 9. The van der Waals surface area contributed by atoms with Crippen molar-refractivity contribution in [3.63, 3.8) is 0 Å². The van der Waals surface area contributed by atoms with Gasteiger partial charge in [0.05, 0.1) is 11.1 Å². The predicted molar refractivity (Wildman–Crippen MR) is 151 cm³/mol. The minimum Gasteiger partial charge on any atom is -0.444 e. The van der Waals surface area contributed by atoms with Crippen molar-refractivity contribution in [2.24, 2.45) is 0 Å². The fourth-order valence-corrected chi connectivity index (χ4v) is 5.94. The Bertz CT molecular complexity index is 1210. The third kappa shape index (κ3) is 6.70. The van der Waals surface area contributed by atoms with Gasteiger partial charge in [-0.3, -0.25) is 34.3 Å². The maximum absolute atomic E-state index is 13.2. The second kappa shape index (κ2) is 11.8. The molecule has 4 aliphatic heterocycles. The summed E-state index contributed by atoms with van der Waals surface area (Å²) in [6.45, 7) is 12.8. The highest BCUT2D eigenvalue weighted by molar-refractivity contribution is 6.23. The SMILES string of the molecule is CC(C)(C)OC(=O)NC1CCN(CCN2CCN(c3ccc4c(c3)C(=O)N(C3CCC(=O)NC3=O)C4=O)CC2)CC1. The Morgan fingerprint density at radius 1 is 0.902 bits per heavy atom. The molecule has 5 rings (SSSR count). The molecule has 2 N–H and O–H groups in total. The lowest BCUT2D eigenvalue weighted by Crippen LogP contribution is -2.54. The minimum atomic E-state index is -0.959. The normalized spacial score (nSPS) is 23.0. The van der Waals surface area contributed by atoms with Crippen LogP contribution in [0.1, 0.15) is 67.2 Å². The predicted octanol–water partition coefficient (Wildman–Crippen LogP) is 1.20. The molecule has 41 heavy (non-hydrogen) atoms. The van der Waals surface area contributed by atoms with E-state index in [-0.39, 0.29) is 30.9 Å². The molecular weight excluding hydrogens is 528 g/mol. The third-order valence-electron chi connectivity index (χ3n) is 8.20. The Morgan fingerprint density at radius 2 is 1.54 bits per heavy atom. The number of anilines is 1. The first-order valence-corrected chi connectivity index (χ1v) is 14.5. The van der Waals surface area contributed by atoms with E-state index in [1.165, 1.54) is 0 Å². The molecule has 1 atom stereocenters. The van der Waals surface area contributed by atoms with Gasteiger partial charge in [0.15, 0.2) is 0 Å². The summed E-state index contributed by atoms with van der Waals surface area (Å²) in [6.07, 6.45) is 1.72. The molecule has 0 bridgehead atoms. The highest BCUT2D eigenvalue weighted by atomic mass is 16.6. The number of likely N-dealkylation sites (tertiary alicyclic amines) is 1. The fourth-order valence-electron chi connectivity index (χ4n) is 5.94. The molecule has 3 saturated heterocycles. The third-order valence-corrected chi connectivity index (χ3v) is 8.20. The van der Waals surface area contributed by atoms with Gasteiger partial charge in [-0.05, 0) is 58.2 Å². The van der Waals surface area contributed by atoms with E-state index < -0.39 is 29.4 Å². The van der Waals surface area contributed by atoms with Gasteiger partial charge >= 0.3 is 6.09 Å². The van der Waals surface area contributed by atoms with Crippen LogP contribution in [-0.4, -0.2) is 114 Å². The van der Waals surface area contributed by atoms with Crippen LogP contribution in [0.25, 0.3) is 0 Å². The Balaban J connectivity index is 1.07. The zero-order valence-electron chi connectivity index (χ0n) is 24.1. The molecule has 1 aromatic rings. The Hall–Kier alpha value is -3.51. The Morgan fingerprint density at radius 3 is 2.17 bits per heavy atom. The second-order valence-corrected chi connectivity index (χ2v) is 12.3. The lowest BCUT2D eigenvalue weighted by atomic mass is 10.0. The monoisotopic (exact) mass is 568 g/mol. The van der Waals surface area contributed by atoms with Crippen LogP contribution in [0.2, 0.25) is 0 Å². The largest absolute Gasteiger partial charge is 0.444 e. The van der Waals surface area contributed by atoms with Gasteiger partial charge in [0.2, 0.25) is 11.8 Å². The van der Waals surface area contributed by atoms with Gasteiger partial charge in [-0.15, -0.1) is 0 Å². The van der Waals surface area contributed by atoms with Crippen LogP contribution in [0.4, 0.5) is 10.5 Å². The number of carbonyl (C=O) groups excluding carboxylic acids is 5. The Labute approximate surface area is 240 Å². The molecule has 12 nitrogen and oxygen atoms in total. The van der Waals surface area contributed by atoms with E-state index in [1.807, 2.05) is 26.8 Å². The number of carbonyl (C=O) groups is 5. The van der Waals surface area contributed by atoms with Crippen LogP contribution in [0.15, 0.2) is 18.2 Å². The maximum Gasteiger partial charge on any atom is 0.407 e. The lowest BCUT2D eigenvalue weighted by molar-refractivity contribution is -0.136. The van der Waals surface area contributed by atoms with Crippen molar-refractivity contribution in [3.8, 4) is 0 Å². The van der Waals surface area contributed by atoms with Crippen molar-refractivity contribution in [3.05, 3.63) is 29.3 Å². The molecule has 0 aliphatic carbocycles. The minimum absolute atomic E-state index is 0.100. The molecule has 12 heteroatoms. The summed E-state index contributed by atoms with van der Waals surface area (Å²) in [5.41, 5.74) is 0.996. The first kappa shape index (κ1) is 29.0. The topological polar surface area (TPSA) is 132 Å². The van der Waals surface area contributed by atoms with Crippen LogP contribution < -0.4 is 15.5 Å². The van der Waals surface area contributed by atoms with E-state index in [9.17, 15) is 24.0 Å². The van der Waals surface area contributed by atoms with Gasteiger partial charge in [0, 0.05) is 70.5 Å². The molecular formula is C29H40N6O6. The van der Waals surface area contributed by atoms with Crippen LogP contribution in [0.5, 0.6) is 0 Å². The number of ether oxygens (including phenoxy) is 1. The number of nitrogens with one attached hydrogen (secondary N) is 2. The average molecular weight is 569 g/mol. The van der Waals surface area contributed by atoms with E-state index in [4.69, 9.17) is 4.74 Å². The molecule has 0 radical (unpaired) electrons. The molecule has 3 fully saturated rings. The van der Waals surface area contributed by atoms with Crippen LogP contribution in [0, 0.1) is 0 Å². The number of benzene rings is 1. The van der Waals surface area contributed by atoms with Gasteiger partial charge in [0.1, 0.15) is 11.6 Å². The molecule has 4 aliphatic rings. The summed E-state index contributed by atoms with van der Waals surface area (Å²) in [4.78, 5) is 70.1. The van der Waals surface area contributed by atoms with Gasteiger partial charge in [-0.1, -0.05) is 0 Å². The zero-order valence-corrected chi connectivity index (χ0v) is 24.1. The van der Waals surface area contributed by atoms with E-state index in [2.05, 4.69) is 25.3 Å². The maximum atomic E-state index is 13.2. The van der Waals surface area contributed by atoms with Gasteiger partial charge in [-0.25, -0.2) is 4.79 Å². The van der Waals surface area contributed by atoms with E-state index >= 15 is 0 Å². The molecule has 4 heterocycles. The van der Waals surface area contributed by atoms with Gasteiger partial charge in [0.25, 0.3) is 11.8 Å². The standard InChI is InChI=1S/C29H40N6O6/c1-29(2,3)41-28(40)30-19-8-10-32(11-9-19)12-13-33-14-16-34(17-15-33)20-4-5-21-22(18-20)27(39)35(26(21)38)23-6-7-24(36)31-25(23)37/h4-5,18-19,23H,6-17H2,1-3H3,(H,30,40)(H,31,36,37). The van der Waals surface area contributed by atoms with Crippen LogP contribution in [0.3, 0.4) is 0 Å². The average Bonchev–Trinajstić information content (AvgIpc) is 3.16. The van der Waals surface area contributed by atoms with E-state index in [1.54, 1.807) is 12.1 Å². The molecule has 5 amide bonds. The lowest BCUT2D eigenvalue weighted by Gasteiger charge is -2.38. The van der Waals surface area contributed by atoms with Crippen molar-refractivity contribution < 1.29 is 28.7 Å². The molecule has 1 unspecified atom stereocenters. The number of piperazine rings is 1. The smallest absolute Gasteiger partial charge is 0.407 e. The first-order chi connectivity index (χ1) is 19.5. The van der Waals surface area contributed by atoms with E-state index in [0.29, 0.717) is 11.1 Å². The number of alkyl carbamates (subject to hydrolysis) is 1. The number of amides is 5. The number of fused-ring (bicyclic) bond motifs is 1. The quantitative estimate of drug-likeness (QED) is 0.486. The number of nitrogens with zero attached hydrogens (tertiary/aromatic N) is 4.